The number of halogens is 1. The summed E-state index contributed by atoms with van der Waals surface area (Å²) in [5.74, 6) is 0. The van der Waals surface area contributed by atoms with Gasteiger partial charge >= 0.3 is 0 Å². The first-order chi connectivity index (χ1) is 9.38. The molecule has 112 valence electrons. The van der Waals surface area contributed by atoms with E-state index in [9.17, 15) is 8.42 Å². The Morgan fingerprint density at radius 2 is 2.30 bits per heavy atom. The van der Waals surface area contributed by atoms with Gasteiger partial charge in [-0.25, -0.2) is 13.1 Å². The third-order valence-electron chi connectivity index (χ3n) is 3.33. The lowest BCUT2D eigenvalue weighted by Crippen LogP contribution is -2.45. The van der Waals surface area contributed by atoms with E-state index in [4.69, 9.17) is 26.8 Å². The molecule has 0 aliphatic carbocycles. The topological polar surface area (TPSA) is 90.7 Å². The van der Waals surface area contributed by atoms with Crippen molar-refractivity contribution in [1.29, 1.82) is 0 Å². The maximum atomic E-state index is 12.3. The Bertz CT molecular complexity index is 585. The molecule has 1 heterocycles. The van der Waals surface area contributed by atoms with Crippen LogP contribution in [0.1, 0.15) is 6.42 Å². The highest BCUT2D eigenvalue weighted by atomic mass is 35.5. The standard InChI is InChI=1S/C12H17ClN2O4S/c1-18-12(4-5-19-8-12)7-15-20(16,17)11-6-9(14)2-3-10(11)13/h2-3,6,15H,4-5,7-8,14H2,1H3. The molecule has 20 heavy (non-hydrogen) atoms. The molecule has 0 bridgehead atoms. The van der Waals surface area contributed by atoms with E-state index in [0.717, 1.165) is 0 Å². The fraction of sp³-hybridized carbons (Fsp3) is 0.500. The van der Waals surface area contributed by atoms with Crippen molar-refractivity contribution in [3.05, 3.63) is 23.2 Å². The van der Waals surface area contributed by atoms with Crippen molar-refractivity contribution in [2.45, 2.75) is 16.9 Å². The molecular weight excluding hydrogens is 304 g/mol. The molecule has 1 unspecified atom stereocenters. The van der Waals surface area contributed by atoms with Crippen LogP contribution in [0.3, 0.4) is 0 Å². The summed E-state index contributed by atoms with van der Waals surface area (Å²) in [6.07, 6.45) is 0.636. The van der Waals surface area contributed by atoms with E-state index in [2.05, 4.69) is 4.72 Å². The van der Waals surface area contributed by atoms with Crippen LogP contribution < -0.4 is 10.5 Å². The van der Waals surface area contributed by atoms with Crippen molar-refractivity contribution in [2.75, 3.05) is 32.6 Å². The number of nitrogen functional groups attached to an aromatic ring is 1. The summed E-state index contributed by atoms with van der Waals surface area (Å²) >= 11 is 5.91. The predicted molar refractivity (Wildman–Crippen MR) is 76.2 cm³/mol. The second-order valence-electron chi connectivity index (χ2n) is 4.70. The van der Waals surface area contributed by atoms with Crippen LogP contribution in [0.25, 0.3) is 0 Å². The molecule has 2 rings (SSSR count). The van der Waals surface area contributed by atoms with Gasteiger partial charge in [0.1, 0.15) is 10.5 Å². The zero-order chi connectivity index (χ0) is 14.8. The van der Waals surface area contributed by atoms with Crippen LogP contribution in [0.2, 0.25) is 5.02 Å². The maximum Gasteiger partial charge on any atom is 0.242 e. The predicted octanol–water partition coefficient (Wildman–Crippen LogP) is 1.01. The first-order valence-electron chi connectivity index (χ1n) is 6.06. The summed E-state index contributed by atoms with van der Waals surface area (Å²) in [5.41, 5.74) is 5.31. The highest BCUT2D eigenvalue weighted by Gasteiger charge is 2.36. The zero-order valence-corrected chi connectivity index (χ0v) is 12.6. The highest BCUT2D eigenvalue weighted by Crippen LogP contribution is 2.25. The Labute approximate surface area is 123 Å². The molecule has 1 fully saturated rings. The number of hydrogen-bond donors (Lipinski definition) is 2. The van der Waals surface area contributed by atoms with E-state index >= 15 is 0 Å². The number of ether oxygens (including phenoxy) is 2. The summed E-state index contributed by atoms with van der Waals surface area (Å²) in [6, 6.07) is 4.33. The Hall–Kier alpha value is -0.860. The number of rotatable bonds is 5. The molecule has 3 N–H and O–H groups in total. The van der Waals surface area contributed by atoms with E-state index in [1.807, 2.05) is 0 Å². The molecule has 0 spiro atoms. The van der Waals surface area contributed by atoms with Crippen LogP contribution in [-0.2, 0) is 19.5 Å². The van der Waals surface area contributed by atoms with Gasteiger partial charge in [-0.3, -0.25) is 0 Å². The van der Waals surface area contributed by atoms with E-state index in [0.29, 0.717) is 25.3 Å². The SMILES string of the molecule is COC1(CNS(=O)(=O)c2cc(N)ccc2Cl)CCOC1. The lowest BCUT2D eigenvalue weighted by atomic mass is 10.0. The number of sulfonamides is 1. The van der Waals surface area contributed by atoms with Crippen LogP contribution in [0.4, 0.5) is 5.69 Å². The minimum atomic E-state index is -3.75. The number of hydrogen-bond acceptors (Lipinski definition) is 5. The lowest BCUT2D eigenvalue weighted by Gasteiger charge is -2.25. The Morgan fingerprint density at radius 1 is 1.55 bits per heavy atom. The van der Waals surface area contributed by atoms with Gasteiger partial charge in [-0.15, -0.1) is 0 Å². The quantitative estimate of drug-likeness (QED) is 0.790. The average molecular weight is 321 g/mol. The van der Waals surface area contributed by atoms with E-state index in [-0.39, 0.29) is 16.5 Å². The zero-order valence-electron chi connectivity index (χ0n) is 11.1. The minimum absolute atomic E-state index is 0.0377. The molecule has 0 amide bonds. The summed E-state index contributed by atoms with van der Waals surface area (Å²) in [6.45, 7) is 1.03. The normalized spacial score (nSPS) is 23.1. The number of benzene rings is 1. The molecule has 1 saturated heterocycles. The first-order valence-corrected chi connectivity index (χ1v) is 7.92. The molecule has 1 aromatic rings. The van der Waals surface area contributed by atoms with Crippen LogP contribution in [0.5, 0.6) is 0 Å². The molecular formula is C12H17ClN2O4S. The smallest absolute Gasteiger partial charge is 0.242 e. The van der Waals surface area contributed by atoms with Gasteiger partial charge in [0.15, 0.2) is 0 Å². The van der Waals surface area contributed by atoms with Crippen LogP contribution in [0.15, 0.2) is 23.1 Å². The lowest BCUT2D eigenvalue weighted by molar-refractivity contribution is -0.0120. The van der Waals surface area contributed by atoms with Crippen LogP contribution >= 0.6 is 11.6 Å². The largest absolute Gasteiger partial charge is 0.399 e. The monoisotopic (exact) mass is 320 g/mol. The Morgan fingerprint density at radius 3 is 2.90 bits per heavy atom. The number of methoxy groups -OCH3 is 1. The molecule has 0 aromatic heterocycles. The van der Waals surface area contributed by atoms with Gasteiger partial charge in [0.2, 0.25) is 10.0 Å². The van der Waals surface area contributed by atoms with Gasteiger partial charge in [0.05, 0.1) is 11.6 Å². The van der Waals surface area contributed by atoms with Crippen molar-refractivity contribution < 1.29 is 17.9 Å². The highest BCUT2D eigenvalue weighted by molar-refractivity contribution is 7.89. The Kier molecular flexibility index (Phi) is 4.55. The van der Waals surface area contributed by atoms with Crippen molar-refractivity contribution >= 4 is 27.3 Å². The minimum Gasteiger partial charge on any atom is -0.399 e. The Balaban J connectivity index is 2.17. The van der Waals surface area contributed by atoms with Crippen LogP contribution in [0, 0.1) is 0 Å². The molecule has 1 atom stereocenters. The van der Waals surface area contributed by atoms with Gasteiger partial charge in [-0.1, -0.05) is 11.6 Å². The number of nitrogens with two attached hydrogens (primary N) is 1. The average Bonchev–Trinajstić information content (AvgIpc) is 2.89. The van der Waals surface area contributed by atoms with E-state index in [1.165, 1.54) is 19.2 Å². The van der Waals surface area contributed by atoms with Crippen molar-refractivity contribution in [2.24, 2.45) is 0 Å². The van der Waals surface area contributed by atoms with Gasteiger partial charge < -0.3 is 15.2 Å². The fourth-order valence-electron chi connectivity index (χ4n) is 1.99. The fourth-order valence-corrected chi connectivity index (χ4v) is 3.64. The second kappa shape index (κ2) is 5.87. The molecule has 1 aromatic carbocycles. The van der Waals surface area contributed by atoms with Gasteiger partial charge in [0.25, 0.3) is 0 Å². The van der Waals surface area contributed by atoms with Gasteiger partial charge in [-0.05, 0) is 18.2 Å². The van der Waals surface area contributed by atoms with Crippen molar-refractivity contribution in [3.63, 3.8) is 0 Å². The molecule has 1 aliphatic rings. The van der Waals surface area contributed by atoms with E-state index < -0.39 is 15.6 Å². The third kappa shape index (κ3) is 3.24. The summed E-state index contributed by atoms with van der Waals surface area (Å²) in [7, 11) is -2.21. The summed E-state index contributed by atoms with van der Waals surface area (Å²) in [5, 5.41) is 0.126. The summed E-state index contributed by atoms with van der Waals surface area (Å²) < 4.78 is 37.7. The molecule has 8 heteroatoms. The molecule has 1 aliphatic heterocycles. The van der Waals surface area contributed by atoms with Crippen molar-refractivity contribution in [3.8, 4) is 0 Å². The molecule has 6 nitrogen and oxygen atoms in total. The second-order valence-corrected chi connectivity index (χ2v) is 6.85. The summed E-state index contributed by atoms with van der Waals surface area (Å²) in [4.78, 5) is -0.0377. The van der Waals surface area contributed by atoms with Crippen LogP contribution in [-0.4, -0.2) is 40.9 Å². The molecule has 0 radical (unpaired) electrons. The first kappa shape index (κ1) is 15.5. The maximum absolute atomic E-state index is 12.3. The van der Waals surface area contributed by atoms with E-state index in [1.54, 1.807) is 6.07 Å². The van der Waals surface area contributed by atoms with Gasteiger partial charge in [-0.2, -0.15) is 0 Å². The van der Waals surface area contributed by atoms with Crippen molar-refractivity contribution in [1.82, 2.24) is 4.72 Å². The third-order valence-corrected chi connectivity index (χ3v) is 5.21. The number of nitrogens with one attached hydrogen (secondary N) is 1. The number of anilines is 1. The molecule has 0 saturated carbocycles. The van der Waals surface area contributed by atoms with Gasteiger partial charge in [0, 0.05) is 32.4 Å².